The molecule has 0 atom stereocenters. The predicted molar refractivity (Wildman–Crippen MR) is 233 cm³/mol. The van der Waals surface area contributed by atoms with Crippen LogP contribution in [0.15, 0.2) is 199 Å². The zero-order valence-electron chi connectivity index (χ0n) is 30.7. The first-order valence-electron chi connectivity index (χ1n) is 19.0. The van der Waals surface area contributed by atoms with Crippen molar-refractivity contribution < 1.29 is 4.42 Å². The molecule has 0 saturated heterocycles. The quantitative estimate of drug-likeness (QED) is 0.160. The fourth-order valence-corrected chi connectivity index (χ4v) is 7.87. The lowest BCUT2D eigenvalue weighted by Crippen LogP contribution is -2.00. The molecule has 5 nitrogen and oxygen atoms in total. The zero-order valence-corrected chi connectivity index (χ0v) is 30.7. The molecule has 5 heteroatoms. The summed E-state index contributed by atoms with van der Waals surface area (Å²) in [5.41, 5.74) is 12.1. The summed E-state index contributed by atoms with van der Waals surface area (Å²) in [7, 11) is 0. The average Bonchev–Trinajstić information content (AvgIpc) is 3.68. The number of nitrogens with zero attached hydrogens (tertiary/aromatic N) is 4. The first kappa shape index (κ1) is 32.7. The van der Waals surface area contributed by atoms with Crippen molar-refractivity contribution in [3.8, 4) is 67.7 Å². The van der Waals surface area contributed by atoms with Gasteiger partial charge in [0.2, 0.25) is 0 Å². The van der Waals surface area contributed by atoms with Gasteiger partial charge in [-0.05, 0) is 46.5 Å². The van der Waals surface area contributed by atoms with Gasteiger partial charge < -0.3 is 4.42 Å². The van der Waals surface area contributed by atoms with E-state index in [4.69, 9.17) is 24.4 Å². The molecule has 11 rings (SSSR count). The van der Waals surface area contributed by atoms with Crippen molar-refractivity contribution in [2.75, 3.05) is 0 Å². The van der Waals surface area contributed by atoms with Gasteiger partial charge in [0.25, 0.3) is 0 Å². The van der Waals surface area contributed by atoms with Gasteiger partial charge >= 0.3 is 0 Å². The summed E-state index contributed by atoms with van der Waals surface area (Å²) in [6.07, 6.45) is 0. The van der Waals surface area contributed by atoms with Crippen LogP contribution in [-0.2, 0) is 0 Å². The van der Waals surface area contributed by atoms with E-state index in [0.717, 1.165) is 93.8 Å². The second-order valence-corrected chi connectivity index (χ2v) is 14.2. The molecule has 0 radical (unpaired) electrons. The number of fused-ring (bicyclic) bond motifs is 7. The fourth-order valence-electron chi connectivity index (χ4n) is 7.87. The van der Waals surface area contributed by atoms with E-state index in [1.807, 2.05) is 72.8 Å². The molecule has 3 aromatic heterocycles. The Balaban J connectivity index is 0.930. The van der Waals surface area contributed by atoms with Crippen LogP contribution in [0.25, 0.3) is 111 Å². The standard InChI is InChI=1S/C52H32N4O/c1-4-12-36(13-5-1)48-43-30-29-41-44-32-40(28-31-46(44)57-49(41)47(43)42-18-10-11-19-45(42)53-48)35-22-20-33(21-23-35)34-24-26-39(27-25-34)52-55-50(37-14-6-2-7-15-37)54-51(56-52)38-16-8-3-9-17-38/h1-32H. The minimum Gasteiger partial charge on any atom is -0.455 e. The number of hydrogen-bond donors (Lipinski definition) is 0. The lowest BCUT2D eigenvalue weighted by atomic mass is 9.96. The highest BCUT2D eigenvalue weighted by Crippen LogP contribution is 2.41. The third-order valence-corrected chi connectivity index (χ3v) is 10.7. The van der Waals surface area contributed by atoms with Gasteiger partial charge in [0.05, 0.1) is 11.2 Å². The molecule has 0 aliphatic heterocycles. The van der Waals surface area contributed by atoms with Gasteiger partial charge in [-0.3, -0.25) is 0 Å². The van der Waals surface area contributed by atoms with Gasteiger partial charge in [-0.15, -0.1) is 0 Å². The Bertz CT molecular complexity index is 3190. The molecule has 0 saturated carbocycles. The second-order valence-electron chi connectivity index (χ2n) is 14.2. The molecule has 0 bridgehead atoms. The van der Waals surface area contributed by atoms with Crippen molar-refractivity contribution in [2.45, 2.75) is 0 Å². The Morgan fingerprint density at radius 1 is 0.298 bits per heavy atom. The highest BCUT2D eigenvalue weighted by molar-refractivity contribution is 6.24. The summed E-state index contributed by atoms with van der Waals surface area (Å²) in [6.45, 7) is 0. The molecule has 266 valence electrons. The van der Waals surface area contributed by atoms with E-state index >= 15 is 0 Å². The number of benzene rings is 8. The monoisotopic (exact) mass is 728 g/mol. The van der Waals surface area contributed by atoms with Gasteiger partial charge in [0.1, 0.15) is 11.2 Å². The van der Waals surface area contributed by atoms with Crippen molar-refractivity contribution in [1.82, 2.24) is 19.9 Å². The molecule has 0 aliphatic rings. The molecular weight excluding hydrogens is 697 g/mol. The fraction of sp³-hybridized carbons (Fsp3) is 0. The minimum atomic E-state index is 0.640. The summed E-state index contributed by atoms with van der Waals surface area (Å²) >= 11 is 0. The Labute approximate surface area is 328 Å². The number of hydrogen-bond acceptors (Lipinski definition) is 5. The second kappa shape index (κ2) is 13.5. The summed E-state index contributed by atoms with van der Waals surface area (Å²) in [5.74, 6) is 1.94. The van der Waals surface area contributed by atoms with Crippen LogP contribution in [0.1, 0.15) is 0 Å². The van der Waals surface area contributed by atoms with Gasteiger partial charge in [-0.1, -0.05) is 170 Å². The first-order valence-corrected chi connectivity index (χ1v) is 19.0. The van der Waals surface area contributed by atoms with Gasteiger partial charge in [0.15, 0.2) is 17.5 Å². The topological polar surface area (TPSA) is 64.7 Å². The van der Waals surface area contributed by atoms with Crippen molar-refractivity contribution in [3.63, 3.8) is 0 Å². The molecule has 8 aromatic carbocycles. The third-order valence-electron chi connectivity index (χ3n) is 10.7. The third kappa shape index (κ3) is 5.81. The number of pyridine rings is 1. The summed E-state index contributed by atoms with van der Waals surface area (Å²) in [5, 5.41) is 5.45. The van der Waals surface area contributed by atoms with E-state index in [1.54, 1.807) is 0 Å². The maximum absolute atomic E-state index is 6.69. The summed E-state index contributed by atoms with van der Waals surface area (Å²) in [6, 6.07) is 66.9. The Hall–Kier alpha value is -7.76. The Morgan fingerprint density at radius 2 is 0.754 bits per heavy atom. The SMILES string of the molecule is c1ccc(-c2nc(-c3ccccc3)nc(-c3ccc(-c4ccc(-c5ccc6oc7c(ccc8c(-c9ccccc9)nc9ccccc9c87)c6c5)cc4)cc3)n2)cc1. The summed E-state index contributed by atoms with van der Waals surface area (Å²) < 4.78 is 6.69. The van der Waals surface area contributed by atoms with Crippen molar-refractivity contribution in [2.24, 2.45) is 0 Å². The van der Waals surface area contributed by atoms with Crippen LogP contribution >= 0.6 is 0 Å². The molecule has 57 heavy (non-hydrogen) atoms. The molecule has 0 aliphatic carbocycles. The highest BCUT2D eigenvalue weighted by Gasteiger charge is 2.18. The van der Waals surface area contributed by atoms with E-state index < -0.39 is 0 Å². The van der Waals surface area contributed by atoms with Crippen LogP contribution in [0.3, 0.4) is 0 Å². The number of aromatic nitrogens is 4. The predicted octanol–water partition coefficient (Wildman–Crippen LogP) is 13.5. The Kier molecular flexibility index (Phi) is 7.74. The van der Waals surface area contributed by atoms with Gasteiger partial charge in [-0.2, -0.15) is 0 Å². The van der Waals surface area contributed by atoms with Gasteiger partial charge in [-0.25, -0.2) is 19.9 Å². The zero-order chi connectivity index (χ0) is 37.7. The van der Waals surface area contributed by atoms with E-state index in [0.29, 0.717) is 17.5 Å². The van der Waals surface area contributed by atoms with E-state index in [2.05, 4.69) is 121 Å². The van der Waals surface area contributed by atoms with Crippen molar-refractivity contribution in [3.05, 3.63) is 194 Å². The molecular formula is C52H32N4O. The molecule has 0 fully saturated rings. The Morgan fingerprint density at radius 3 is 1.35 bits per heavy atom. The molecule has 0 unspecified atom stereocenters. The van der Waals surface area contributed by atoms with E-state index in [-0.39, 0.29) is 0 Å². The van der Waals surface area contributed by atoms with Crippen LogP contribution in [-0.4, -0.2) is 19.9 Å². The number of rotatable bonds is 6. The van der Waals surface area contributed by atoms with Crippen molar-refractivity contribution >= 4 is 43.6 Å². The van der Waals surface area contributed by atoms with Crippen LogP contribution < -0.4 is 0 Å². The lowest BCUT2D eigenvalue weighted by Gasteiger charge is -2.10. The minimum absolute atomic E-state index is 0.640. The molecule has 0 amide bonds. The largest absolute Gasteiger partial charge is 0.455 e. The van der Waals surface area contributed by atoms with Crippen LogP contribution in [0, 0.1) is 0 Å². The number of para-hydroxylation sites is 1. The van der Waals surface area contributed by atoms with Crippen molar-refractivity contribution in [1.29, 1.82) is 0 Å². The molecule has 3 heterocycles. The van der Waals surface area contributed by atoms with Crippen LogP contribution in [0.5, 0.6) is 0 Å². The van der Waals surface area contributed by atoms with E-state index in [1.165, 1.54) is 0 Å². The summed E-state index contributed by atoms with van der Waals surface area (Å²) in [4.78, 5) is 19.7. The maximum Gasteiger partial charge on any atom is 0.164 e. The molecule has 0 N–H and O–H groups in total. The highest BCUT2D eigenvalue weighted by atomic mass is 16.3. The van der Waals surface area contributed by atoms with Gasteiger partial charge in [0, 0.05) is 49.2 Å². The average molecular weight is 729 g/mol. The number of furan rings is 1. The first-order chi connectivity index (χ1) is 28.2. The van der Waals surface area contributed by atoms with Crippen LogP contribution in [0.4, 0.5) is 0 Å². The van der Waals surface area contributed by atoms with E-state index in [9.17, 15) is 0 Å². The lowest BCUT2D eigenvalue weighted by molar-refractivity contribution is 0.673. The maximum atomic E-state index is 6.69. The van der Waals surface area contributed by atoms with Crippen LogP contribution in [0.2, 0.25) is 0 Å². The molecule has 0 spiro atoms. The molecule has 11 aromatic rings. The normalized spacial score (nSPS) is 11.5. The smallest absolute Gasteiger partial charge is 0.164 e.